The highest BCUT2D eigenvalue weighted by molar-refractivity contribution is 7.92. The van der Waals surface area contributed by atoms with Gasteiger partial charge in [0.05, 0.1) is 34.7 Å². The number of nitro groups is 1. The molecule has 0 aromatic heterocycles. The van der Waals surface area contributed by atoms with Gasteiger partial charge in [-0.25, -0.2) is 8.42 Å². The van der Waals surface area contributed by atoms with E-state index in [-0.39, 0.29) is 18.8 Å². The Bertz CT molecular complexity index is 1290. The van der Waals surface area contributed by atoms with Gasteiger partial charge in [-0.2, -0.15) is 0 Å². The summed E-state index contributed by atoms with van der Waals surface area (Å²) in [5.41, 5.74) is 2.99. The first-order valence-corrected chi connectivity index (χ1v) is 12.2. The van der Waals surface area contributed by atoms with Gasteiger partial charge in [0.25, 0.3) is 11.6 Å². The fourth-order valence-corrected chi connectivity index (χ4v) is 4.15. The highest BCUT2D eigenvalue weighted by atomic mass is 32.2. The number of hydrogen-bond acceptors (Lipinski definition) is 6. The molecule has 0 bridgehead atoms. The molecule has 0 aliphatic carbocycles. The summed E-state index contributed by atoms with van der Waals surface area (Å²) in [5, 5.41) is 13.7. The molecule has 10 heteroatoms. The van der Waals surface area contributed by atoms with Gasteiger partial charge in [-0.15, -0.1) is 0 Å². The molecule has 0 radical (unpaired) electrons. The van der Waals surface area contributed by atoms with Crippen molar-refractivity contribution in [1.82, 2.24) is 0 Å². The Morgan fingerprint density at radius 1 is 1.03 bits per heavy atom. The van der Waals surface area contributed by atoms with Crippen molar-refractivity contribution in [3.8, 4) is 5.75 Å². The van der Waals surface area contributed by atoms with Gasteiger partial charge in [0.1, 0.15) is 5.75 Å². The standard InChI is InChI=1S/C24H25N3O6S/c1-17-7-9-19(10-8-17)15-26(34(3,31)32)20-11-13-21(14-12-20)33-16-24(28)25-22-5-4-6-23(18(22)2)27(29)30/h4-14H,15-16H2,1-3H3,(H,25,28). The molecule has 0 aliphatic heterocycles. The average molecular weight is 484 g/mol. The van der Waals surface area contributed by atoms with Crippen LogP contribution in [-0.2, 0) is 21.4 Å². The van der Waals surface area contributed by atoms with Crippen LogP contribution in [0.3, 0.4) is 0 Å². The number of anilines is 2. The molecule has 0 aliphatic rings. The third kappa shape index (κ3) is 6.32. The van der Waals surface area contributed by atoms with Crippen LogP contribution < -0.4 is 14.4 Å². The smallest absolute Gasteiger partial charge is 0.274 e. The lowest BCUT2D eigenvalue weighted by atomic mass is 10.1. The Labute approximate surface area is 198 Å². The van der Waals surface area contributed by atoms with Crippen LogP contribution in [0.15, 0.2) is 66.7 Å². The van der Waals surface area contributed by atoms with E-state index < -0.39 is 20.9 Å². The fourth-order valence-electron chi connectivity index (χ4n) is 3.26. The zero-order chi connectivity index (χ0) is 24.9. The topological polar surface area (TPSA) is 119 Å². The number of carbonyl (C=O) groups excluding carboxylic acids is 1. The summed E-state index contributed by atoms with van der Waals surface area (Å²) in [6, 6.07) is 18.4. The number of benzene rings is 3. The summed E-state index contributed by atoms with van der Waals surface area (Å²) >= 11 is 0. The number of rotatable bonds is 9. The van der Waals surface area contributed by atoms with Gasteiger partial charge in [0, 0.05) is 6.07 Å². The van der Waals surface area contributed by atoms with E-state index in [1.54, 1.807) is 37.3 Å². The summed E-state index contributed by atoms with van der Waals surface area (Å²) < 4.78 is 31.5. The summed E-state index contributed by atoms with van der Waals surface area (Å²) in [6.45, 7) is 3.38. The molecule has 0 unspecified atom stereocenters. The van der Waals surface area contributed by atoms with Crippen LogP contribution in [0.5, 0.6) is 5.75 Å². The Balaban J connectivity index is 1.65. The van der Waals surface area contributed by atoms with Crippen molar-refractivity contribution in [2.75, 3.05) is 22.5 Å². The SMILES string of the molecule is Cc1ccc(CN(c2ccc(OCC(=O)Nc3cccc([N+](=O)[O-])c3C)cc2)S(C)(=O)=O)cc1. The minimum absolute atomic E-state index is 0.0876. The van der Waals surface area contributed by atoms with Crippen LogP contribution in [0.25, 0.3) is 0 Å². The second kappa shape index (κ2) is 10.3. The van der Waals surface area contributed by atoms with Crippen LogP contribution in [0.2, 0.25) is 0 Å². The summed E-state index contributed by atoms with van der Waals surface area (Å²) in [7, 11) is -3.53. The van der Waals surface area contributed by atoms with E-state index in [2.05, 4.69) is 5.32 Å². The molecule has 0 fully saturated rings. The van der Waals surface area contributed by atoms with Crippen molar-refractivity contribution in [3.63, 3.8) is 0 Å². The number of nitrogens with zero attached hydrogens (tertiary/aromatic N) is 2. The van der Waals surface area contributed by atoms with E-state index in [0.717, 1.165) is 17.4 Å². The molecule has 1 N–H and O–H groups in total. The molecule has 3 aromatic carbocycles. The Hall–Kier alpha value is -3.92. The largest absolute Gasteiger partial charge is 0.484 e. The monoisotopic (exact) mass is 483 g/mol. The Morgan fingerprint density at radius 2 is 1.68 bits per heavy atom. The molecular formula is C24H25N3O6S. The quantitative estimate of drug-likeness (QED) is 0.360. The van der Waals surface area contributed by atoms with E-state index >= 15 is 0 Å². The van der Waals surface area contributed by atoms with Gasteiger partial charge in [-0.3, -0.25) is 19.2 Å². The van der Waals surface area contributed by atoms with Crippen molar-refractivity contribution < 1.29 is 22.9 Å². The minimum atomic E-state index is -3.53. The molecule has 3 aromatic rings. The minimum Gasteiger partial charge on any atom is -0.484 e. The van der Waals surface area contributed by atoms with Crippen LogP contribution in [-0.4, -0.2) is 32.1 Å². The van der Waals surface area contributed by atoms with Crippen molar-refractivity contribution in [1.29, 1.82) is 0 Å². The number of nitro benzene ring substituents is 1. The molecule has 9 nitrogen and oxygen atoms in total. The van der Waals surface area contributed by atoms with Gasteiger partial charge >= 0.3 is 0 Å². The lowest BCUT2D eigenvalue weighted by Crippen LogP contribution is -2.29. The van der Waals surface area contributed by atoms with E-state index in [1.165, 1.54) is 16.4 Å². The predicted molar refractivity (Wildman–Crippen MR) is 131 cm³/mol. The highest BCUT2D eigenvalue weighted by Crippen LogP contribution is 2.26. The zero-order valence-electron chi connectivity index (χ0n) is 19.0. The van der Waals surface area contributed by atoms with E-state index in [9.17, 15) is 23.3 Å². The summed E-state index contributed by atoms with van der Waals surface area (Å²) in [6.07, 6.45) is 1.14. The maximum Gasteiger partial charge on any atom is 0.274 e. The van der Waals surface area contributed by atoms with Gasteiger partial charge in [-0.1, -0.05) is 35.9 Å². The molecule has 0 saturated heterocycles. The Kier molecular flexibility index (Phi) is 7.52. The molecule has 0 saturated carbocycles. The number of nitrogens with one attached hydrogen (secondary N) is 1. The molecule has 0 spiro atoms. The van der Waals surface area contributed by atoms with E-state index in [0.29, 0.717) is 22.7 Å². The lowest BCUT2D eigenvalue weighted by molar-refractivity contribution is -0.385. The maximum atomic E-state index is 12.4. The van der Waals surface area contributed by atoms with Crippen molar-refractivity contribution in [2.24, 2.45) is 0 Å². The molecular weight excluding hydrogens is 458 g/mol. The lowest BCUT2D eigenvalue weighted by Gasteiger charge is -2.23. The third-order valence-electron chi connectivity index (χ3n) is 5.12. The fraction of sp³-hybridized carbons (Fsp3) is 0.208. The zero-order valence-corrected chi connectivity index (χ0v) is 19.8. The average Bonchev–Trinajstić information content (AvgIpc) is 2.78. The first-order valence-electron chi connectivity index (χ1n) is 10.3. The van der Waals surface area contributed by atoms with Crippen LogP contribution in [0.4, 0.5) is 17.1 Å². The number of ether oxygens (including phenoxy) is 1. The summed E-state index contributed by atoms with van der Waals surface area (Å²) in [5.74, 6) is -0.108. The number of carbonyl (C=O) groups is 1. The molecule has 0 atom stereocenters. The second-order valence-electron chi connectivity index (χ2n) is 7.79. The van der Waals surface area contributed by atoms with E-state index in [1.807, 2.05) is 31.2 Å². The normalized spacial score (nSPS) is 11.0. The van der Waals surface area contributed by atoms with Crippen LogP contribution in [0.1, 0.15) is 16.7 Å². The van der Waals surface area contributed by atoms with Gasteiger partial charge in [0.15, 0.2) is 6.61 Å². The van der Waals surface area contributed by atoms with Gasteiger partial charge in [0.2, 0.25) is 10.0 Å². The molecule has 34 heavy (non-hydrogen) atoms. The van der Waals surface area contributed by atoms with Gasteiger partial charge < -0.3 is 10.1 Å². The van der Waals surface area contributed by atoms with Gasteiger partial charge in [-0.05, 0) is 49.7 Å². The molecule has 3 rings (SSSR count). The van der Waals surface area contributed by atoms with Crippen LogP contribution in [0, 0.1) is 24.0 Å². The molecule has 0 heterocycles. The van der Waals surface area contributed by atoms with Crippen molar-refractivity contribution in [3.05, 3.63) is 93.5 Å². The molecule has 178 valence electrons. The highest BCUT2D eigenvalue weighted by Gasteiger charge is 2.18. The predicted octanol–water partition coefficient (Wildman–Crippen LogP) is 4.20. The first kappa shape index (κ1) is 24.7. The van der Waals surface area contributed by atoms with Crippen molar-refractivity contribution in [2.45, 2.75) is 20.4 Å². The number of hydrogen-bond donors (Lipinski definition) is 1. The third-order valence-corrected chi connectivity index (χ3v) is 6.26. The van der Waals surface area contributed by atoms with Crippen LogP contribution >= 0.6 is 0 Å². The summed E-state index contributed by atoms with van der Waals surface area (Å²) in [4.78, 5) is 22.8. The van der Waals surface area contributed by atoms with E-state index in [4.69, 9.17) is 4.74 Å². The number of aryl methyl sites for hydroxylation is 1. The van der Waals surface area contributed by atoms with Crippen molar-refractivity contribution >= 4 is 33.0 Å². The molecule has 1 amide bonds. The maximum absolute atomic E-state index is 12.4. The second-order valence-corrected chi connectivity index (χ2v) is 9.70. The number of amides is 1. The first-order chi connectivity index (χ1) is 16.0. The Morgan fingerprint density at radius 3 is 2.26 bits per heavy atom. The number of sulfonamides is 1.